The Kier molecular flexibility index (Phi) is 7.72. The van der Waals surface area contributed by atoms with Crippen LogP contribution in [0.25, 0.3) is 0 Å². The molecule has 0 saturated carbocycles. The number of methoxy groups -OCH3 is 2. The number of nitrogens with one attached hydrogen (secondary N) is 1. The number of rotatable bonds is 8. The van der Waals surface area contributed by atoms with Crippen molar-refractivity contribution in [3.05, 3.63) is 23.8 Å². The maximum Gasteiger partial charge on any atom is 0.223 e. The minimum absolute atomic E-state index is 0.0777. The molecule has 1 fully saturated rings. The Balaban J connectivity index is 1.65. The summed E-state index contributed by atoms with van der Waals surface area (Å²) < 4.78 is 10.5. The molecule has 0 radical (unpaired) electrons. The lowest BCUT2D eigenvalue weighted by Crippen LogP contribution is -2.50. The van der Waals surface area contributed by atoms with Gasteiger partial charge >= 0.3 is 0 Å². The van der Waals surface area contributed by atoms with Crippen LogP contribution >= 0.6 is 0 Å². The van der Waals surface area contributed by atoms with Gasteiger partial charge in [-0.3, -0.25) is 9.59 Å². The first-order valence-corrected chi connectivity index (χ1v) is 9.00. The number of carbonyl (C=O) groups is 2. The summed E-state index contributed by atoms with van der Waals surface area (Å²) in [6.07, 6.45) is 1.33. The maximum atomic E-state index is 12.2. The van der Waals surface area contributed by atoms with Crippen LogP contribution in [0, 0.1) is 0 Å². The second-order valence-corrected chi connectivity index (χ2v) is 6.33. The van der Waals surface area contributed by atoms with E-state index < -0.39 is 0 Å². The quantitative estimate of drug-likeness (QED) is 0.696. The second-order valence-electron chi connectivity index (χ2n) is 6.33. The first-order chi connectivity index (χ1) is 12.5. The Labute approximate surface area is 155 Å². The first-order valence-electron chi connectivity index (χ1n) is 9.00. The Morgan fingerprint density at radius 1 is 1.00 bits per heavy atom. The van der Waals surface area contributed by atoms with Crippen LogP contribution < -0.4 is 14.8 Å². The average Bonchev–Trinajstić information content (AvgIpc) is 2.67. The highest BCUT2D eigenvalue weighted by Gasteiger charge is 2.21. The first kappa shape index (κ1) is 20.0. The van der Waals surface area contributed by atoms with Crippen LogP contribution in [0.2, 0.25) is 0 Å². The lowest BCUT2D eigenvalue weighted by Gasteiger charge is -2.34. The summed E-state index contributed by atoms with van der Waals surface area (Å²) in [4.78, 5) is 27.1. The van der Waals surface area contributed by atoms with Gasteiger partial charge in [0.15, 0.2) is 11.5 Å². The Bertz CT molecular complexity index is 613. The van der Waals surface area contributed by atoms with Crippen LogP contribution in [0.1, 0.15) is 18.9 Å². The molecule has 144 valence electrons. The van der Waals surface area contributed by atoms with Gasteiger partial charge in [0, 0.05) is 46.1 Å². The van der Waals surface area contributed by atoms with E-state index in [2.05, 4.69) is 5.32 Å². The molecule has 26 heavy (non-hydrogen) atoms. The van der Waals surface area contributed by atoms with E-state index >= 15 is 0 Å². The highest BCUT2D eigenvalue weighted by molar-refractivity contribution is 5.77. The van der Waals surface area contributed by atoms with Crippen molar-refractivity contribution in [2.45, 2.75) is 19.8 Å². The van der Waals surface area contributed by atoms with E-state index in [1.807, 2.05) is 23.1 Å². The molecule has 0 aliphatic carbocycles. The highest BCUT2D eigenvalue weighted by Crippen LogP contribution is 2.27. The third-order valence-electron chi connectivity index (χ3n) is 4.63. The number of hydrogen-bond donors (Lipinski definition) is 1. The van der Waals surface area contributed by atoms with Gasteiger partial charge in [-0.25, -0.2) is 0 Å². The molecule has 1 N–H and O–H groups in total. The zero-order valence-corrected chi connectivity index (χ0v) is 15.9. The third kappa shape index (κ3) is 5.62. The standard InChI is InChI=1S/C19H29N3O4/c1-15(23)21-10-12-22(13-11-21)19(24)7-9-20-8-6-16-4-5-17(25-2)18(14-16)26-3/h4-5,14,20H,6-13H2,1-3H3. The molecule has 1 aromatic rings. The summed E-state index contributed by atoms with van der Waals surface area (Å²) in [5, 5.41) is 3.31. The second kappa shape index (κ2) is 10.0. The van der Waals surface area contributed by atoms with Gasteiger partial charge in [-0.05, 0) is 30.7 Å². The molecule has 2 amide bonds. The Morgan fingerprint density at radius 2 is 1.65 bits per heavy atom. The van der Waals surface area contributed by atoms with Crippen LogP contribution in [-0.2, 0) is 16.0 Å². The predicted molar refractivity (Wildman–Crippen MR) is 99.6 cm³/mol. The lowest BCUT2D eigenvalue weighted by molar-refractivity contribution is -0.138. The number of nitrogens with zero attached hydrogens (tertiary/aromatic N) is 2. The van der Waals surface area contributed by atoms with Gasteiger partial charge in [0.1, 0.15) is 0 Å². The van der Waals surface area contributed by atoms with E-state index in [0.717, 1.165) is 30.0 Å². The molecule has 2 rings (SSSR count). The van der Waals surface area contributed by atoms with E-state index in [9.17, 15) is 9.59 Å². The van der Waals surface area contributed by atoms with Gasteiger partial charge in [-0.2, -0.15) is 0 Å². The highest BCUT2D eigenvalue weighted by atomic mass is 16.5. The van der Waals surface area contributed by atoms with Crippen molar-refractivity contribution in [2.75, 3.05) is 53.5 Å². The molecule has 1 saturated heterocycles. The van der Waals surface area contributed by atoms with Crippen LogP contribution in [0.3, 0.4) is 0 Å². The summed E-state index contributed by atoms with van der Waals surface area (Å²) in [7, 11) is 3.25. The minimum atomic E-state index is 0.0777. The molecule has 0 bridgehead atoms. The van der Waals surface area contributed by atoms with Gasteiger partial charge in [0.2, 0.25) is 11.8 Å². The van der Waals surface area contributed by atoms with Crippen LogP contribution in [0.4, 0.5) is 0 Å². The van der Waals surface area contributed by atoms with Crippen molar-refractivity contribution in [2.24, 2.45) is 0 Å². The van der Waals surface area contributed by atoms with Gasteiger partial charge in [0.25, 0.3) is 0 Å². The number of amides is 2. The van der Waals surface area contributed by atoms with Gasteiger partial charge in [-0.1, -0.05) is 6.07 Å². The molecule has 1 heterocycles. The summed E-state index contributed by atoms with van der Waals surface area (Å²) in [6, 6.07) is 5.89. The average molecular weight is 363 g/mol. The van der Waals surface area contributed by atoms with Crippen molar-refractivity contribution < 1.29 is 19.1 Å². The fraction of sp³-hybridized carbons (Fsp3) is 0.579. The Morgan fingerprint density at radius 3 is 2.27 bits per heavy atom. The summed E-state index contributed by atoms with van der Waals surface area (Å²) >= 11 is 0. The molecule has 0 unspecified atom stereocenters. The predicted octanol–water partition coefficient (Wildman–Crippen LogP) is 0.917. The maximum absolute atomic E-state index is 12.2. The van der Waals surface area contributed by atoms with Crippen molar-refractivity contribution in [3.8, 4) is 11.5 Å². The number of carbonyl (C=O) groups excluding carboxylic acids is 2. The van der Waals surface area contributed by atoms with Crippen molar-refractivity contribution in [3.63, 3.8) is 0 Å². The normalized spacial score (nSPS) is 14.3. The van der Waals surface area contributed by atoms with E-state index in [0.29, 0.717) is 39.1 Å². The summed E-state index contributed by atoms with van der Waals surface area (Å²) in [6.45, 7) is 5.54. The Hall–Kier alpha value is -2.28. The van der Waals surface area contributed by atoms with Crippen molar-refractivity contribution in [1.29, 1.82) is 0 Å². The molecular formula is C19H29N3O4. The zero-order valence-electron chi connectivity index (χ0n) is 15.9. The number of benzene rings is 1. The molecule has 1 aliphatic rings. The number of piperazine rings is 1. The van der Waals surface area contributed by atoms with Crippen molar-refractivity contribution in [1.82, 2.24) is 15.1 Å². The van der Waals surface area contributed by atoms with E-state index in [-0.39, 0.29) is 11.8 Å². The monoisotopic (exact) mass is 363 g/mol. The smallest absolute Gasteiger partial charge is 0.223 e. The van der Waals surface area contributed by atoms with E-state index in [4.69, 9.17) is 9.47 Å². The molecule has 0 spiro atoms. The number of ether oxygens (including phenoxy) is 2. The summed E-state index contributed by atoms with van der Waals surface area (Å²) in [5.74, 6) is 1.67. The molecule has 0 atom stereocenters. The topological polar surface area (TPSA) is 71.1 Å². The van der Waals surface area contributed by atoms with Gasteiger partial charge < -0.3 is 24.6 Å². The molecule has 1 aromatic carbocycles. The van der Waals surface area contributed by atoms with Gasteiger partial charge in [0.05, 0.1) is 14.2 Å². The zero-order chi connectivity index (χ0) is 18.9. The molecule has 0 aromatic heterocycles. The molecule has 7 heteroatoms. The van der Waals surface area contributed by atoms with Gasteiger partial charge in [-0.15, -0.1) is 0 Å². The minimum Gasteiger partial charge on any atom is -0.493 e. The molecule has 7 nitrogen and oxygen atoms in total. The summed E-state index contributed by atoms with van der Waals surface area (Å²) in [5.41, 5.74) is 1.15. The number of hydrogen-bond acceptors (Lipinski definition) is 5. The van der Waals surface area contributed by atoms with E-state index in [1.165, 1.54) is 0 Å². The van der Waals surface area contributed by atoms with Crippen LogP contribution in [0.15, 0.2) is 18.2 Å². The SMILES string of the molecule is COc1ccc(CCNCCC(=O)N2CCN(C(C)=O)CC2)cc1OC. The third-order valence-corrected chi connectivity index (χ3v) is 4.63. The lowest BCUT2D eigenvalue weighted by atomic mass is 10.1. The van der Waals surface area contributed by atoms with E-state index in [1.54, 1.807) is 26.0 Å². The molecule has 1 aliphatic heterocycles. The largest absolute Gasteiger partial charge is 0.493 e. The molecular weight excluding hydrogens is 334 g/mol. The van der Waals surface area contributed by atoms with Crippen LogP contribution in [0.5, 0.6) is 11.5 Å². The fourth-order valence-electron chi connectivity index (χ4n) is 3.02. The fourth-order valence-corrected chi connectivity index (χ4v) is 3.02. The van der Waals surface area contributed by atoms with Crippen molar-refractivity contribution >= 4 is 11.8 Å². The van der Waals surface area contributed by atoms with Crippen LogP contribution in [-0.4, -0.2) is 75.1 Å².